The Kier molecular flexibility index (Phi) is 4.85. The Morgan fingerprint density at radius 2 is 1.77 bits per heavy atom. The van der Waals surface area contributed by atoms with Crippen molar-refractivity contribution in [2.45, 2.75) is 0 Å². The molecule has 2 aromatic carbocycles. The van der Waals surface area contributed by atoms with Crippen molar-refractivity contribution in [2.24, 2.45) is 0 Å². The molecule has 0 saturated heterocycles. The molecule has 0 aliphatic heterocycles. The second kappa shape index (κ2) is 6.82. The molecule has 22 heavy (non-hydrogen) atoms. The van der Waals surface area contributed by atoms with Gasteiger partial charge in [0.25, 0.3) is 0 Å². The Morgan fingerprint density at radius 3 is 2.36 bits per heavy atom. The van der Waals surface area contributed by atoms with Crippen LogP contribution in [0.2, 0.25) is 5.02 Å². The van der Waals surface area contributed by atoms with E-state index in [9.17, 15) is 9.59 Å². The summed E-state index contributed by atoms with van der Waals surface area (Å²) in [6, 6.07) is 10.4. The van der Waals surface area contributed by atoms with Crippen LogP contribution in [-0.4, -0.2) is 24.2 Å². The number of halogens is 1. The number of carboxylic acids is 1. The molecule has 0 aromatic heterocycles. The first kappa shape index (κ1) is 15.7. The van der Waals surface area contributed by atoms with Crippen LogP contribution in [0.3, 0.4) is 0 Å². The minimum absolute atomic E-state index is 0.0858. The maximum absolute atomic E-state index is 11.9. The van der Waals surface area contributed by atoms with Crippen molar-refractivity contribution >= 4 is 35.0 Å². The van der Waals surface area contributed by atoms with Crippen LogP contribution in [0.4, 0.5) is 16.2 Å². The van der Waals surface area contributed by atoms with Gasteiger partial charge in [-0.1, -0.05) is 11.6 Å². The van der Waals surface area contributed by atoms with Gasteiger partial charge in [0.2, 0.25) is 0 Å². The highest BCUT2D eigenvalue weighted by Gasteiger charge is 2.13. The summed E-state index contributed by atoms with van der Waals surface area (Å²) in [5.74, 6) is -0.515. The fourth-order valence-corrected chi connectivity index (χ4v) is 1.93. The van der Waals surface area contributed by atoms with Crippen LogP contribution >= 0.6 is 11.6 Å². The van der Waals surface area contributed by atoms with E-state index in [1.807, 2.05) is 0 Å². The first-order chi connectivity index (χ1) is 10.5. The van der Waals surface area contributed by atoms with Gasteiger partial charge in [-0.05, 0) is 42.5 Å². The molecule has 0 saturated carbocycles. The minimum Gasteiger partial charge on any atom is -0.497 e. The molecule has 0 heterocycles. The predicted molar refractivity (Wildman–Crippen MR) is 84.0 cm³/mol. The highest BCUT2D eigenvalue weighted by atomic mass is 35.5. The largest absolute Gasteiger partial charge is 0.497 e. The molecule has 6 nitrogen and oxygen atoms in total. The summed E-state index contributed by atoms with van der Waals surface area (Å²) < 4.78 is 5.02. The number of aromatic carboxylic acids is 1. The Balaban J connectivity index is 2.10. The summed E-state index contributed by atoms with van der Waals surface area (Å²) in [5, 5.41) is 14.4. The summed E-state index contributed by atoms with van der Waals surface area (Å²) in [7, 11) is 1.54. The standard InChI is InChI=1S/C15H13ClN2O4/c1-22-11-5-3-10(4-6-11)17-15(21)18-13-7-2-9(16)8-12(13)14(19)20/h2-8H,1H3,(H,19,20)(H2,17,18,21). The van der Waals surface area contributed by atoms with E-state index in [0.717, 1.165) is 0 Å². The lowest BCUT2D eigenvalue weighted by atomic mass is 10.2. The van der Waals surface area contributed by atoms with Gasteiger partial charge in [0.05, 0.1) is 18.4 Å². The fourth-order valence-electron chi connectivity index (χ4n) is 1.76. The third kappa shape index (κ3) is 3.89. The average Bonchev–Trinajstić information content (AvgIpc) is 2.49. The van der Waals surface area contributed by atoms with Crippen molar-refractivity contribution in [1.82, 2.24) is 0 Å². The fraction of sp³-hybridized carbons (Fsp3) is 0.0667. The number of methoxy groups -OCH3 is 1. The average molecular weight is 321 g/mol. The van der Waals surface area contributed by atoms with Gasteiger partial charge < -0.3 is 20.5 Å². The van der Waals surface area contributed by atoms with Gasteiger partial charge in [-0.2, -0.15) is 0 Å². The molecular weight excluding hydrogens is 308 g/mol. The maximum atomic E-state index is 11.9. The summed E-state index contributed by atoms with van der Waals surface area (Å²) in [6.07, 6.45) is 0. The molecule has 0 radical (unpaired) electrons. The molecule has 7 heteroatoms. The van der Waals surface area contributed by atoms with Crippen LogP contribution < -0.4 is 15.4 Å². The highest BCUT2D eigenvalue weighted by molar-refractivity contribution is 6.31. The number of carbonyl (C=O) groups excluding carboxylic acids is 1. The van der Waals surface area contributed by atoms with Crippen LogP contribution in [0, 0.1) is 0 Å². The molecule has 2 amide bonds. The van der Waals surface area contributed by atoms with Crippen LogP contribution in [0.5, 0.6) is 5.75 Å². The first-order valence-electron chi connectivity index (χ1n) is 6.24. The number of hydrogen-bond donors (Lipinski definition) is 3. The van der Waals surface area contributed by atoms with Crippen LogP contribution in [0.1, 0.15) is 10.4 Å². The topological polar surface area (TPSA) is 87.7 Å². The zero-order valence-corrected chi connectivity index (χ0v) is 12.3. The minimum atomic E-state index is -1.18. The van der Waals surface area contributed by atoms with Gasteiger partial charge in [0.15, 0.2) is 0 Å². The number of ether oxygens (including phenoxy) is 1. The Labute approximate surface area is 131 Å². The smallest absolute Gasteiger partial charge is 0.337 e. The number of anilines is 2. The molecule has 2 rings (SSSR count). The maximum Gasteiger partial charge on any atom is 0.337 e. The molecule has 0 atom stereocenters. The highest BCUT2D eigenvalue weighted by Crippen LogP contribution is 2.21. The third-order valence-corrected chi connectivity index (χ3v) is 3.04. The van der Waals surface area contributed by atoms with E-state index in [1.54, 1.807) is 31.4 Å². The molecule has 0 spiro atoms. The van der Waals surface area contributed by atoms with Gasteiger partial charge >= 0.3 is 12.0 Å². The second-order valence-electron chi connectivity index (χ2n) is 4.30. The predicted octanol–water partition coefficient (Wildman–Crippen LogP) is 3.69. The number of amides is 2. The summed E-state index contributed by atoms with van der Waals surface area (Å²) in [6.45, 7) is 0. The van der Waals surface area contributed by atoms with Gasteiger partial charge in [0, 0.05) is 10.7 Å². The van der Waals surface area contributed by atoms with Crippen LogP contribution in [0.25, 0.3) is 0 Å². The lowest BCUT2D eigenvalue weighted by Gasteiger charge is -2.10. The van der Waals surface area contributed by atoms with Crippen LogP contribution in [-0.2, 0) is 0 Å². The molecule has 0 unspecified atom stereocenters. The Morgan fingerprint density at radius 1 is 1.09 bits per heavy atom. The molecule has 0 aliphatic carbocycles. The van der Waals surface area contributed by atoms with Gasteiger partial charge in [-0.15, -0.1) is 0 Å². The molecule has 0 aliphatic rings. The zero-order valence-electron chi connectivity index (χ0n) is 11.6. The van der Waals surface area contributed by atoms with E-state index in [1.165, 1.54) is 18.2 Å². The summed E-state index contributed by atoms with van der Waals surface area (Å²) in [5.41, 5.74) is 0.615. The van der Waals surface area contributed by atoms with E-state index in [0.29, 0.717) is 11.4 Å². The van der Waals surface area contributed by atoms with E-state index in [4.69, 9.17) is 21.4 Å². The van der Waals surface area contributed by atoms with E-state index in [-0.39, 0.29) is 16.3 Å². The normalized spacial score (nSPS) is 9.91. The quantitative estimate of drug-likeness (QED) is 0.801. The molecule has 0 fully saturated rings. The van der Waals surface area contributed by atoms with Crippen LogP contribution in [0.15, 0.2) is 42.5 Å². The number of hydrogen-bond acceptors (Lipinski definition) is 3. The van der Waals surface area contributed by atoms with Crippen molar-refractivity contribution < 1.29 is 19.4 Å². The first-order valence-corrected chi connectivity index (χ1v) is 6.62. The van der Waals surface area contributed by atoms with Crippen molar-refractivity contribution in [3.05, 3.63) is 53.1 Å². The molecule has 114 valence electrons. The van der Waals surface area contributed by atoms with Crippen molar-refractivity contribution in [2.75, 3.05) is 17.7 Å². The molecule has 3 N–H and O–H groups in total. The van der Waals surface area contributed by atoms with E-state index < -0.39 is 12.0 Å². The van der Waals surface area contributed by atoms with Gasteiger partial charge in [-0.25, -0.2) is 9.59 Å². The zero-order chi connectivity index (χ0) is 16.1. The monoisotopic (exact) mass is 320 g/mol. The summed E-state index contributed by atoms with van der Waals surface area (Å²) >= 11 is 5.75. The number of carbonyl (C=O) groups is 2. The number of benzene rings is 2. The van der Waals surface area contributed by atoms with Gasteiger partial charge in [-0.3, -0.25) is 0 Å². The van der Waals surface area contributed by atoms with Crippen molar-refractivity contribution in [3.8, 4) is 5.75 Å². The van der Waals surface area contributed by atoms with Crippen molar-refractivity contribution in [1.29, 1.82) is 0 Å². The van der Waals surface area contributed by atoms with E-state index in [2.05, 4.69) is 10.6 Å². The Hall–Kier alpha value is -2.73. The lowest BCUT2D eigenvalue weighted by molar-refractivity contribution is 0.0698. The Bertz CT molecular complexity index is 701. The number of carboxylic acid groups (broad SMARTS) is 1. The molecule has 0 bridgehead atoms. The number of rotatable bonds is 4. The molecule has 2 aromatic rings. The molecular formula is C15H13ClN2O4. The van der Waals surface area contributed by atoms with Gasteiger partial charge in [0.1, 0.15) is 5.75 Å². The SMILES string of the molecule is COc1ccc(NC(=O)Nc2ccc(Cl)cc2C(=O)O)cc1. The van der Waals surface area contributed by atoms with E-state index >= 15 is 0 Å². The second-order valence-corrected chi connectivity index (χ2v) is 4.74. The number of urea groups is 1. The summed E-state index contributed by atoms with van der Waals surface area (Å²) in [4.78, 5) is 23.1. The number of nitrogens with one attached hydrogen (secondary N) is 2. The van der Waals surface area contributed by atoms with Crippen molar-refractivity contribution in [3.63, 3.8) is 0 Å². The lowest BCUT2D eigenvalue weighted by Crippen LogP contribution is -2.21. The third-order valence-electron chi connectivity index (χ3n) is 2.81.